The molecule has 0 bridgehead atoms. The van der Waals surface area contributed by atoms with Crippen molar-refractivity contribution in [2.24, 2.45) is 23.7 Å². The molecule has 0 saturated heterocycles. The molecule has 4 nitrogen and oxygen atoms in total. The summed E-state index contributed by atoms with van der Waals surface area (Å²) in [4.78, 5) is 24.3. The molecule has 0 heterocycles. The molecule has 2 N–H and O–H groups in total. The van der Waals surface area contributed by atoms with Crippen molar-refractivity contribution in [3.63, 3.8) is 0 Å². The highest BCUT2D eigenvalue weighted by Gasteiger charge is 2.30. The van der Waals surface area contributed by atoms with E-state index in [1.807, 2.05) is 40.7 Å². The molecule has 0 fully saturated rings. The van der Waals surface area contributed by atoms with Gasteiger partial charge in [0.05, 0.1) is 18.1 Å². The van der Waals surface area contributed by atoms with E-state index in [-0.39, 0.29) is 34.8 Å². The Morgan fingerprint density at radius 1 is 1.04 bits per heavy atom. The Labute approximate surface area is 169 Å². The zero-order chi connectivity index (χ0) is 21.1. The van der Waals surface area contributed by atoms with E-state index in [2.05, 4.69) is 0 Å². The Bertz CT molecular complexity index is 526. The van der Waals surface area contributed by atoms with Gasteiger partial charge in [0, 0.05) is 11.8 Å². The molecule has 0 radical (unpaired) electrons. The fourth-order valence-corrected chi connectivity index (χ4v) is 3.69. The van der Waals surface area contributed by atoms with Gasteiger partial charge in [0.15, 0.2) is 10.9 Å². The highest BCUT2D eigenvalue weighted by molar-refractivity contribution is 8.13. The lowest BCUT2D eigenvalue weighted by Crippen LogP contribution is -2.33. The Morgan fingerprint density at radius 2 is 1.63 bits per heavy atom. The molecule has 0 aliphatic carbocycles. The van der Waals surface area contributed by atoms with Crippen LogP contribution in [0.15, 0.2) is 23.8 Å². The average Bonchev–Trinajstić information content (AvgIpc) is 2.67. The normalized spacial score (nSPS) is 19.4. The minimum absolute atomic E-state index is 0.0148. The van der Waals surface area contributed by atoms with E-state index in [4.69, 9.17) is 0 Å². The van der Waals surface area contributed by atoms with E-state index in [0.717, 1.165) is 23.8 Å². The highest BCUT2D eigenvalue weighted by atomic mass is 32.2. The van der Waals surface area contributed by atoms with Crippen LogP contribution in [0.3, 0.4) is 0 Å². The molecule has 0 rings (SSSR count). The van der Waals surface area contributed by atoms with Crippen molar-refractivity contribution in [2.45, 2.75) is 73.0 Å². The molecular formula is C22H38O4S. The van der Waals surface area contributed by atoms with Gasteiger partial charge in [0.1, 0.15) is 0 Å². The van der Waals surface area contributed by atoms with Crippen molar-refractivity contribution in [3.8, 4) is 0 Å². The summed E-state index contributed by atoms with van der Waals surface area (Å²) >= 11 is 1.13. The number of carbonyl (C=O) groups excluding carboxylic acids is 2. The third-order valence-electron chi connectivity index (χ3n) is 5.30. The monoisotopic (exact) mass is 398 g/mol. The van der Waals surface area contributed by atoms with E-state index in [1.165, 1.54) is 0 Å². The van der Waals surface area contributed by atoms with Crippen LogP contribution in [0.1, 0.15) is 60.8 Å². The van der Waals surface area contributed by atoms with E-state index in [9.17, 15) is 19.8 Å². The molecule has 0 aliphatic rings. The Hall–Kier alpha value is -0.910. The number of aliphatic hydroxyl groups is 2. The highest BCUT2D eigenvalue weighted by Crippen LogP contribution is 2.27. The molecule has 0 saturated carbocycles. The summed E-state index contributed by atoms with van der Waals surface area (Å²) in [5.41, 5.74) is 0.946. The first-order valence-corrected chi connectivity index (χ1v) is 11.2. The fourth-order valence-electron chi connectivity index (χ4n) is 3.18. The van der Waals surface area contributed by atoms with Gasteiger partial charge >= 0.3 is 0 Å². The predicted octanol–water partition coefficient (Wildman–Crippen LogP) is 4.40. The molecular weight excluding hydrogens is 360 g/mol. The fraction of sp³-hybridized carbons (Fsp3) is 0.727. The molecule has 27 heavy (non-hydrogen) atoms. The topological polar surface area (TPSA) is 74.6 Å². The Kier molecular flexibility index (Phi) is 12.8. The van der Waals surface area contributed by atoms with Crippen LogP contribution >= 0.6 is 11.8 Å². The van der Waals surface area contributed by atoms with Crippen LogP contribution in [0.2, 0.25) is 0 Å². The second-order valence-corrected chi connectivity index (χ2v) is 8.40. The van der Waals surface area contributed by atoms with Gasteiger partial charge < -0.3 is 10.2 Å². The molecule has 156 valence electrons. The molecule has 0 amide bonds. The summed E-state index contributed by atoms with van der Waals surface area (Å²) in [6, 6.07) is 0. The van der Waals surface area contributed by atoms with Gasteiger partial charge in [-0.05, 0) is 38.0 Å². The smallest absolute Gasteiger partial charge is 0.194 e. The first-order valence-electron chi connectivity index (χ1n) is 9.93. The third-order valence-corrected chi connectivity index (χ3v) is 6.07. The molecule has 0 aromatic heterocycles. The van der Waals surface area contributed by atoms with Crippen molar-refractivity contribution in [1.82, 2.24) is 0 Å². The van der Waals surface area contributed by atoms with Gasteiger partial charge in [-0.2, -0.15) is 0 Å². The van der Waals surface area contributed by atoms with Crippen LogP contribution in [0, 0.1) is 23.7 Å². The zero-order valence-corrected chi connectivity index (χ0v) is 18.8. The first-order chi connectivity index (χ1) is 12.6. The van der Waals surface area contributed by atoms with Crippen molar-refractivity contribution >= 4 is 22.7 Å². The largest absolute Gasteiger partial charge is 0.393 e. The number of aliphatic hydroxyl groups excluding tert-OH is 2. The maximum atomic E-state index is 12.4. The van der Waals surface area contributed by atoms with Crippen molar-refractivity contribution in [3.05, 3.63) is 23.8 Å². The van der Waals surface area contributed by atoms with Gasteiger partial charge in [0.25, 0.3) is 0 Å². The summed E-state index contributed by atoms with van der Waals surface area (Å²) in [5.74, 6) is -0.675. The molecule has 0 unspecified atom stereocenters. The summed E-state index contributed by atoms with van der Waals surface area (Å²) in [5, 5.41) is 20.3. The number of thioether (sulfide) groups is 1. The van der Waals surface area contributed by atoms with Gasteiger partial charge in [-0.15, -0.1) is 0 Å². The lowest BCUT2D eigenvalue weighted by atomic mass is 9.83. The lowest BCUT2D eigenvalue weighted by molar-refractivity contribution is -0.119. The number of carbonyl (C=O) groups is 2. The average molecular weight is 399 g/mol. The van der Waals surface area contributed by atoms with Gasteiger partial charge in [0.2, 0.25) is 0 Å². The Balaban J connectivity index is 4.88. The van der Waals surface area contributed by atoms with Gasteiger partial charge in [-0.3, -0.25) is 9.59 Å². The summed E-state index contributed by atoms with van der Waals surface area (Å²) in [7, 11) is 0. The molecule has 0 spiro atoms. The molecule has 0 aliphatic heterocycles. The predicted molar refractivity (Wildman–Crippen MR) is 115 cm³/mol. The molecule has 5 heteroatoms. The van der Waals surface area contributed by atoms with E-state index in [0.29, 0.717) is 12.8 Å². The van der Waals surface area contributed by atoms with Crippen molar-refractivity contribution < 1.29 is 19.8 Å². The third kappa shape index (κ3) is 9.22. The second-order valence-electron chi connectivity index (χ2n) is 7.59. The van der Waals surface area contributed by atoms with Crippen molar-refractivity contribution in [2.75, 3.05) is 6.26 Å². The Morgan fingerprint density at radius 3 is 2.11 bits per heavy atom. The lowest BCUT2D eigenvalue weighted by Gasteiger charge is -2.27. The quantitative estimate of drug-likeness (QED) is 0.376. The molecule has 0 aromatic rings. The minimum atomic E-state index is -0.729. The number of hydrogen-bond acceptors (Lipinski definition) is 5. The zero-order valence-electron chi connectivity index (χ0n) is 17.9. The van der Waals surface area contributed by atoms with Gasteiger partial charge in [-0.1, -0.05) is 70.5 Å². The first kappa shape index (κ1) is 26.1. The molecule has 6 atom stereocenters. The van der Waals surface area contributed by atoms with Crippen LogP contribution in [0.4, 0.5) is 0 Å². The van der Waals surface area contributed by atoms with E-state index in [1.54, 1.807) is 25.3 Å². The second kappa shape index (κ2) is 13.3. The SMILES string of the molecule is CC[C@@H](C[C@@H](C)C(=O)C=CC(C)=C[C@H](C)[C@H](O)CC)[C@H](O)[C@@H](C)C(=O)SC. The van der Waals surface area contributed by atoms with Crippen LogP contribution in [-0.4, -0.2) is 39.6 Å². The summed E-state index contributed by atoms with van der Waals surface area (Å²) in [6.45, 7) is 11.4. The molecule has 0 aromatic carbocycles. The summed E-state index contributed by atoms with van der Waals surface area (Å²) in [6.07, 6.45) is 7.93. The van der Waals surface area contributed by atoms with E-state index < -0.39 is 12.0 Å². The van der Waals surface area contributed by atoms with Crippen molar-refractivity contribution in [1.29, 1.82) is 0 Å². The van der Waals surface area contributed by atoms with Gasteiger partial charge in [-0.25, -0.2) is 0 Å². The number of ketones is 1. The number of hydrogen-bond donors (Lipinski definition) is 2. The maximum Gasteiger partial charge on any atom is 0.194 e. The number of allylic oxidation sites excluding steroid dienone is 3. The minimum Gasteiger partial charge on any atom is -0.393 e. The van der Waals surface area contributed by atoms with E-state index >= 15 is 0 Å². The standard InChI is InChI=1S/C22H38O4S/c1-8-18(21(25)17(6)22(26)27-7)13-16(5)20(24)11-10-14(3)12-15(4)19(23)9-2/h10-12,15-19,21,23,25H,8-9,13H2,1-7H3/t15-,16+,17+,18-,19+,21+/m0/s1. The van der Waals surface area contributed by atoms with Crippen LogP contribution in [0.5, 0.6) is 0 Å². The number of rotatable bonds is 12. The maximum absolute atomic E-state index is 12.4. The van der Waals surface area contributed by atoms with Crippen LogP contribution < -0.4 is 0 Å². The summed E-state index contributed by atoms with van der Waals surface area (Å²) < 4.78 is 0. The van der Waals surface area contributed by atoms with Crippen LogP contribution in [0.25, 0.3) is 0 Å². The van der Waals surface area contributed by atoms with Crippen LogP contribution in [-0.2, 0) is 9.59 Å².